The van der Waals surface area contributed by atoms with Gasteiger partial charge in [0.05, 0.1) is 0 Å². The van der Waals surface area contributed by atoms with Crippen LogP contribution in [0.5, 0.6) is 0 Å². The summed E-state index contributed by atoms with van der Waals surface area (Å²) in [5, 5.41) is 0. The Kier molecular flexibility index (Phi) is 0.503. The lowest BCUT2D eigenvalue weighted by atomic mass is 10.6. The van der Waals surface area contributed by atoms with Gasteiger partial charge in [-0.3, -0.25) is 0 Å². The summed E-state index contributed by atoms with van der Waals surface area (Å²) >= 11 is 0. The molecule has 0 spiro atoms. The molecular formula is C5H7. The molecule has 1 saturated carbocycles. The molecule has 1 aliphatic carbocycles. The minimum Gasteiger partial charge on any atom is -0.0881 e. The van der Waals surface area contributed by atoms with E-state index in [0.29, 0.717) is 0 Å². The fourth-order valence-corrected chi connectivity index (χ4v) is 0.295. The summed E-state index contributed by atoms with van der Waals surface area (Å²) in [6.45, 7) is 2.07. The predicted octanol–water partition coefficient (Wildman–Crippen LogP) is 1.54. The molecule has 27 valence electrons. The normalized spacial score (nSPS) is 27.8. The maximum absolute atomic E-state index is 2.21. The molecule has 0 nitrogen and oxygen atoms in total. The van der Waals surface area contributed by atoms with Gasteiger partial charge in [0, 0.05) is 0 Å². The molecule has 0 aliphatic heterocycles. The van der Waals surface area contributed by atoms with Gasteiger partial charge in [0.25, 0.3) is 0 Å². The molecule has 1 fully saturated rings. The molecule has 1 aliphatic rings. The van der Waals surface area contributed by atoms with Crippen molar-refractivity contribution in [2.24, 2.45) is 0 Å². The number of allylic oxidation sites excluding steroid dienone is 2. The summed E-state index contributed by atoms with van der Waals surface area (Å²) in [4.78, 5) is 0. The Morgan fingerprint density at radius 2 is 2.60 bits per heavy atom. The molecule has 0 aromatic heterocycles. The van der Waals surface area contributed by atoms with Gasteiger partial charge in [-0.15, -0.1) is 0 Å². The number of hydrogen-bond acceptors (Lipinski definition) is 0. The molecule has 1 radical (unpaired) electrons. The number of rotatable bonds is 0. The van der Waals surface area contributed by atoms with Crippen LogP contribution in [0.3, 0.4) is 0 Å². The van der Waals surface area contributed by atoms with Crippen molar-refractivity contribution >= 4 is 0 Å². The summed E-state index contributed by atoms with van der Waals surface area (Å²) in [5.74, 6) is 0. The van der Waals surface area contributed by atoms with E-state index in [0.717, 1.165) is 0 Å². The zero-order valence-corrected chi connectivity index (χ0v) is 3.36. The Hall–Kier alpha value is -0.260. The first-order valence-corrected chi connectivity index (χ1v) is 1.92. The van der Waals surface area contributed by atoms with Crippen molar-refractivity contribution in [2.75, 3.05) is 0 Å². The minimum absolute atomic E-state index is 1.25. The Morgan fingerprint density at radius 3 is 2.60 bits per heavy atom. The largest absolute Gasteiger partial charge is 0.0881 e. The Labute approximate surface area is 32.5 Å². The Balaban J connectivity index is 2.46. The zero-order valence-electron chi connectivity index (χ0n) is 3.36. The van der Waals surface area contributed by atoms with Crippen LogP contribution in [0.25, 0.3) is 0 Å². The first-order chi connectivity index (χ1) is 2.43. The Morgan fingerprint density at radius 1 is 2.00 bits per heavy atom. The van der Waals surface area contributed by atoms with Gasteiger partial charge in [-0.1, -0.05) is 11.6 Å². The maximum Gasteiger partial charge on any atom is -0.00971 e. The second-order valence-corrected chi connectivity index (χ2v) is 1.27. The highest BCUT2D eigenvalue weighted by molar-refractivity contribution is 5.30. The van der Waals surface area contributed by atoms with Crippen LogP contribution in [0.1, 0.15) is 13.3 Å². The molecule has 0 heterocycles. The first-order valence-electron chi connectivity index (χ1n) is 1.92. The van der Waals surface area contributed by atoms with Gasteiger partial charge in [0.15, 0.2) is 0 Å². The second-order valence-electron chi connectivity index (χ2n) is 1.27. The van der Waals surface area contributed by atoms with Gasteiger partial charge < -0.3 is 0 Å². The average Bonchev–Trinajstić information content (AvgIpc) is 2.12. The summed E-state index contributed by atoms with van der Waals surface area (Å²) < 4.78 is 0. The molecule has 0 unspecified atom stereocenters. The lowest BCUT2D eigenvalue weighted by molar-refractivity contribution is 1.63. The monoisotopic (exact) mass is 67.1 g/mol. The van der Waals surface area contributed by atoms with E-state index < -0.39 is 0 Å². The van der Waals surface area contributed by atoms with Crippen LogP contribution < -0.4 is 0 Å². The van der Waals surface area contributed by atoms with Crippen molar-refractivity contribution in [3.05, 3.63) is 18.1 Å². The van der Waals surface area contributed by atoms with E-state index in [9.17, 15) is 0 Å². The highest BCUT2D eigenvalue weighted by atomic mass is 14.1. The smallest absolute Gasteiger partial charge is 0.00971 e. The van der Waals surface area contributed by atoms with E-state index >= 15 is 0 Å². The topological polar surface area (TPSA) is 0 Å². The van der Waals surface area contributed by atoms with Crippen molar-refractivity contribution in [3.8, 4) is 0 Å². The van der Waals surface area contributed by atoms with Crippen LogP contribution in [0.2, 0.25) is 0 Å². The number of hydrogen-bond donors (Lipinski definition) is 0. The summed E-state index contributed by atoms with van der Waals surface area (Å²) in [6.07, 6.45) is 5.59. The van der Waals surface area contributed by atoms with Crippen LogP contribution in [-0.4, -0.2) is 0 Å². The molecular weight excluding hydrogens is 60.1 g/mol. The van der Waals surface area contributed by atoms with E-state index in [1.165, 1.54) is 12.0 Å². The molecule has 0 bridgehead atoms. The fraction of sp³-hybridized carbons (Fsp3) is 0.400. The van der Waals surface area contributed by atoms with Crippen molar-refractivity contribution in [1.82, 2.24) is 0 Å². The molecule has 0 atom stereocenters. The van der Waals surface area contributed by atoms with Gasteiger partial charge in [-0.05, 0) is 19.8 Å². The fourth-order valence-electron chi connectivity index (χ4n) is 0.295. The third-order valence-electron chi connectivity index (χ3n) is 0.811. The summed E-state index contributed by atoms with van der Waals surface area (Å²) in [5.41, 5.74) is 1.50. The molecule has 0 aromatic carbocycles. The summed E-state index contributed by atoms with van der Waals surface area (Å²) in [6, 6.07) is 0. The van der Waals surface area contributed by atoms with Crippen LogP contribution in [-0.2, 0) is 0 Å². The molecule has 0 heteroatoms. The van der Waals surface area contributed by atoms with E-state index in [2.05, 4.69) is 19.4 Å². The Bertz CT molecular complexity index is 54.4. The molecule has 0 amide bonds. The van der Waals surface area contributed by atoms with Crippen molar-refractivity contribution < 1.29 is 0 Å². The van der Waals surface area contributed by atoms with E-state index in [1.807, 2.05) is 0 Å². The molecule has 0 saturated heterocycles. The molecule has 1 rings (SSSR count). The van der Waals surface area contributed by atoms with Crippen LogP contribution >= 0.6 is 0 Å². The van der Waals surface area contributed by atoms with E-state index in [1.54, 1.807) is 0 Å². The molecule has 5 heavy (non-hydrogen) atoms. The van der Waals surface area contributed by atoms with Gasteiger partial charge in [-0.25, -0.2) is 0 Å². The van der Waals surface area contributed by atoms with Crippen molar-refractivity contribution in [3.63, 3.8) is 0 Å². The van der Waals surface area contributed by atoms with Crippen LogP contribution in [0.4, 0.5) is 0 Å². The molecule has 0 N–H and O–H groups in total. The lowest BCUT2D eigenvalue weighted by Crippen LogP contribution is -1.31. The van der Waals surface area contributed by atoms with Crippen LogP contribution in [0, 0.1) is 6.42 Å². The highest BCUT2D eigenvalue weighted by Crippen LogP contribution is 2.24. The third-order valence-corrected chi connectivity index (χ3v) is 0.811. The zero-order chi connectivity index (χ0) is 3.70. The lowest BCUT2D eigenvalue weighted by Gasteiger charge is -1.52. The van der Waals surface area contributed by atoms with E-state index in [-0.39, 0.29) is 0 Å². The minimum atomic E-state index is 1.25. The predicted molar refractivity (Wildman–Crippen MR) is 22.7 cm³/mol. The van der Waals surface area contributed by atoms with Gasteiger partial charge in [0.1, 0.15) is 0 Å². The van der Waals surface area contributed by atoms with Crippen molar-refractivity contribution in [1.29, 1.82) is 0 Å². The van der Waals surface area contributed by atoms with Crippen molar-refractivity contribution in [2.45, 2.75) is 13.3 Å². The SMILES string of the molecule is CC=C1[CH]C1. The molecule has 0 aromatic rings. The quantitative estimate of drug-likeness (QED) is 0.403. The van der Waals surface area contributed by atoms with Gasteiger partial charge in [-0.2, -0.15) is 0 Å². The highest BCUT2D eigenvalue weighted by Gasteiger charge is 2.07. The average molecular weight is 67.1 g/mol. The summed E-state index contributed by atoms with van der Waals surface area (Å²) in [7, 11) is 0. The van der Waals surface area contributed by atoms with E-state index in [4.69, 9.17) is 0 Å². The third kappa shape index (κ3) is 0.504. The standard InChI is InChI=1S/C5H7/c1-2-5-3-4-5/h2-3H,4H2,1H3. The van der Waals surface area contributed by atoms with Crippen LogP contribution in [0.15, 0.2) is 11.6 Å². The van der Waals surface area contributed by atoms with Gasteiger partial charge >= 0.3 is 0 Å². The first kappa shape index (κ1) is 2.95. The maximum atomic E-state index is 2.21. The van der Waals surface area contributed by atoms with Gasteiger partial charge in [0.2, 0.25) is 0 Å². The second kappa shape index (κ2) is 0.852.